The van der Waals surface area contributed by atoms with E-state index < -0.39 is 0 Å². The van der Waals surface area contributed by atoms with Crippen molar-refractivity contribution in [2.45, 2.75) is 20.4 Å². The van der Waals surface area contributed by atoms with Gasteiger partial charge in [0.2, 0.25) is 5.75 Å². The molecule has 0 saturated carbocycles. The molecule has 0 saturated heterocycles. The van der Waals surface area contributed by atoms with Gasteiger partial charge in [0, 0.05) is 11.6 Å². The first-order valence-electron chi connectivity index (χ1n) is 8.26. The van der Waals surface area contributed by atoms with E-state index in [-0.39, 0.29) is 0 Å². The van der Waals surface area contributed by atoms with Crippen molar-refractivity contribution in [3.05, 3.63) is 64.8 Å². The number of hydrogen-bond donors (Lipinski definition) is 0. The number of hydroxylamine groups is 3. The third-order valence-corrected chi connectivity index (χ3v) is 4.75. The second-order valence-corrected chi connectivity index (χ2v) is 7.07. The normalized spacial score (nSPS) is 11.9. The number of fused-ring (bicyclic) bond motifs is 1. The van der Waals surface area contributed by atoms with Crippen LogP contribution >= 0.6 is 11.6 Å². The van der Waals surface area contributed by atoms with E-state index in [4.69, 9.17) is 16.4 Å². The molecule has 24 heavy (non-hydrogen) atoms. The topological polar surface area (TPSA) is 14.2 Å². The van der Waals surface area contributed by atoms with E-state index in [1.165, 1.54) is 5.56 Å². The van der Waals surface area contributed by atoms with Gasteiger partial charge in [0.25, 0.3) is 0 Å². The Morgan fingerprint density at radius 2 is 1.79 bits per heavy atom. The number of nitrogens with zero attached hydrogens (tertiary/aromatic N) is 2. The molecule has 0 fully saturated rings. The van der Waals surface area contributed by atoms with Gasteiger partial charge in [-0.3, -0.25) is 0 Å². The monoisotopic (exact) mass is 343 g/mol. The van der Waals surface area contributed by atoms with Crippen LogP contribution in [-0.4, -0.2) is 29.9 Å². The van der Waals surface area contributed by atoms with Gasteiger partial charge in [-0.1, -0.05) is 41.9 Å². The average Bonchev–Trinajstić information content (AvgIpc) is 2.81. The molecule has 0 bridgehead atoms. The molecule has 3 rings (SSSR count). The van der Waals surface area contributed by atoms with Gasteiger partial charge < -0.3 is 9.40 Å². The highest BCUT2D eigenvalue weighted by atomic mass is 35.5. The highest BCUT2D eigenvalue weighted by Gasteiger charge is 2.23. The molecule has 126 valence electrons. The number of benzene rings is 2. The van der Waals surface area contributed by atoms with Crippen LogP contribution in [0.4, 0.5) is 0 Å². The molecule has 0 amide bonds. The maximum atomic E-state index is 6.33. The van der Waals surface area contributed by atoms with Gasteiger partial charge in [0.15, 0.2) is 0 Å². The highest BCUT2D eigenvalue weighted by Crippen LogP contribution is 2.36. The lowest BCUT2D eigenvalue weighted by Crippen LogP contribution is -2.42. The summed E-state index contributed by atoms with van der Waals surface area (Å²) in [4.78, 5) is 6.33. The van der Waals surface area contributed by atoms with E-state index in [0.717, 1.165) is 40.5 Å². The van der Waals surface area contributed by atoms with Gasteiger partial charge in [0.1, 0.15) is 20.6 Å². The van der Waals surface area contributed by atoms with E-state index >= 15 is 0 Å². The second kappa shape index (κ2) is 6.50. The molecule has 4 heteroatoms. The number of aromatic nitrogens is 1. The summed E-state index contributed by atoms with van der Waals surface area (Å²) < 4.78 is 2.77. The summed E-state index contributed by atoms with van der Waals surface area (Å²) in [5.74, 6) is 0.912. The molecule has 0 aliphatic heterocycles. The lowest BCUT2D eigenvalue weighted by molar-refractivity contribution is -1.05. The molecule has 3 nitrogen and oxygen atoms in total. The Hall–Kier alpha value is -1.97. The minimum atomic E-state index is 0.470. The Kier molecular flexibility index (Phi) is 4.57. The summed E-state index contributed by atoms with van der Waals surface area (Å²) in [6, 6.07) is 16.5. The molecule has 0 spiro atoms. The van der Waals surface area contributed by atoms with E-state index in [9.17, 15) is 0 Å². The Morgan fingerprint density at radius 1 is 1.08 bits per heavy atom. The first kappa shape index (κ1) is 16.9. The van der Waals surface area contributed by atoms with Crippen LogP contribution in [0, 0.1) is 6.92 Å². The van der Waals surface area contributed by atoms with E-state index in [2.05, 4.69) is 62.8 Å². The van der Waals surface area contributed by atoms with Gasteiger partial charge in [0.05, 0.1) is 16.6 Å². The van der Waals surface area contributed by atoms with Crippen molar-refractivity contribution in [2.75, 3.05) is 20.6 Å². The third kappa shape index (κ3) is 3.28. The largest absolute Gasteiger partial charge is 0.337 e. The average molecular weight is 344 g/mol. The van der Waals surface area contributed by atoms with Crippen LogP contribution in [0.1, 0.15) is 18.2 Å². The first-order chi connectivity index (χ1) is 11.4. The van der Waals surface area contributed by atoms with Crippen LogP contribution in [0.2, 0.25) is 5.02 Å². The summed E-state index contributed by atoms with van der Waals surface area (Å²) in [5, 5.41) is 1.79. The number of hydrogen-bond acceptors (Lipinski definition) is 1. The van der Waals surface area contributed by atoms with Crippen LogP contribution in [0.15, 0.2) is 48.5 Å². The molecule has 3 aromatic rings. The molecular weight excluding hydrogens is 320 g/mol. The lowest BCUT2D eigenvalue weighted by atomic mass is 10.2. The SMILES string of the molecule is CC[N+](C)(C)Oc1c(C)n(Cc2ccccc2)c2ccc(Cl)cc12. The molecule has 0 radical (unpaired) electrons. The molecule has 1 heterocycles. The summed E-state index contributed by atoms with van der Waals surface area (Å²) in [6.45, 7) is 5.92. The maximum absolute atomic E-state index is 6.33. The van der Waals surface area contributed by atoms with Gasteiger partial charge in [-0.25, -0.2) is 0 Å². The van der Waals surface area contributed by atoms with Gasteiger partial charge >= 0.3 is 0 Å². The van der Waals surface area contributed by atoms with Crippen molar-refractivity contribution in [1.29, 1.82) is 0 Å². The fourth-order valence-electron chi connectivity index (χ4n) is 2.82. The van der Waals surface area contributed by atoms with Crippen molar-refractivity contribution in [1.82, 2.24) is 4.57 Å². The molecular formula is C20H24ClN2O+. The summed E-state index contributed by atoms with van der Waals surface area (Å²) >= 11 is 6.25. The number of halogens is 1. The Balaban J connectivity index is 2.14. The summed E-state index contributed by atoms with van der Waals surface area (Å²) in [7, 11) is 4.12. The Labute approximate surface area is 148 Å². The zero-order chi connectivity index (χ0) is 17.3. The second-order valence-electron chi connectivity index (χ2n) is 6.63. The minimum Gasteiger partial charge on any atom is -0.337 e. The molecule has 1 aromatic heterocycles. The first-order valence-corrected chi connectivity index (χ1v) is 8.64. The van der Waals surface area contributed by atoms with E-state index in [1.54, 1.807) is 0 Å². The smallest absolute Gasteiger partial charge is 0.218 e. The molecule has 0 atom stereocenters. The predicted molar refractivity (Wildman–Crippen MR) is 101 cm³/mol. The van der Waals surface area contributed by atoms with Crippen molar-refractivity contribution >= 4 is 22.5 Å². The van der Waals surface area contributed by atoms with Crippen molar-refractivity contribution in [2.24, 2.45) is 0 Å². The fourth-order valence-corrected chi connectivity index (χ4v) is 2.99. The van der Waals surface area contributed by atoms with Crippen LogP contribution in [0.25, 0.3) is 10.9 Å². The molecule has 0 aliphatic carbocycles. The molecule has 2 aromatic carbocycles. The van der Waals surface area contributed by atoms with Crippen molar-refractivity contribution < 1.29 is 9.48 Å². The molecule has 0 aliphatic rings. The fraction of sp³-hybridized carbons (Fsp3) is 0.300. The quantitative estimate of drug-likeness (QED) is 0.467. The number of quaternary nitrogens is 1. The Morgan fingerprint density at radius 3 is 2.46 bits per heavy atom. The molecule has 0 unspecified atom stereocenters. The minimum absolute atomic E-state index is 0.470. The lowest BCUT2D eigenvalue weighted by Gasteiger charge is -2.26. The van der Waals surface area contributed by atoms with Gasteiger partial charge in [-0.15, -0.1) is 4.65 Å². The standard InChI is InChI=1S/C20H24ClN2O/c1-5-23(3,4)24-20-15(2)22(14-16-9-7-6-8-10-16)19-12-11-17(21)13-18(19)20/h6-13H,5,14H2,1-4H3/q+1. The third-order valence-electron chi connectivity index (χ3n) is 4.51. The maximum Gasteiger partial charge on any atom is 0.218 e. The van der Waals surface area contributed by atoms with Gasteiger partial charge in [-0.05, 0) is 37.6 Å². The van der Waals surface area contributed by atoms with Crippen LogP contribution in [0.5, 0.6) is 5.75 Å². The van der Waals surface area contributed by atoms with Gasteiger partial charge in [-0.2, -0.15) is 0 Å². The summed E-state index contributed by atoms with van der Waals surface area (Å²) in [6.07, 6.45) is 0. The zero-order valence-corrected chi connectivity index (χ0v) is 15.5. The number of rotatable bonds is 5. The van der Waals surface area contributed by atoms with E-state index in [1.807, 2.05) is 18.2 Å². The molecule has 0 N–H and O–H groups in total. The zero-order valence-electron chi connectivity index (χ0n) is 14.7. The Bertz CT molecular complexity index is 853. The van der Waals surface area contributed by atoms with Crippen LogP contribution in [0.3, 0.4) is 0 Å². The van der Waals surface area contributed by atoms with E-state index in [0.29, 0.717) is 4.65 Å². The highest BCUT2D eigenvalue weighted by molar-refractivity contribution is 6.31. The van der Waals surface area contributed by atoms with Crippen molar-refractivity contribution in [3.8, 4) is 5.75 Å². The predicted octanol–water partition coefficient (Wildman–Crippen LogP) is 5.04. The van der Waals surface area contributed by atoms with Crippen LogP contribution < -0.4 is 4.84 Å². The van der Waals surface area contributed by atoms with Crippen LogP contribution in [-0.2, 0) is 6.54 Å². The summed E-state index contributed by atoms with van der Waals surface area (Å²) in [5.41, 5.74) is 3.53. The van der Waals surface area contributed by atoms with Crippen molar-refractivity contribution in [3.63, 3.8) is 0 Å².